The second-order valence-corrected chi connectivity index (χ2v) is 7.13. The number of rotatable bonds is 4. The van der Waals surface area contributed by atoms with Gasteiger partial charge in [0.1, 0.15) is 0 Å². The summed E-state index contributed by atoms with van der Waals surface area (Å²) < 4.78 is 1.83. The smallest absolute Gasteiger partial charge is 0.229 e. The molecule has 1 amide bonds. The maximum Gasteiger partial charge on any atom is 0.229 e. The quantitative estimate of drug-likeness (QED) is 0.829. The Morgan fingerprint density at radius 3 is 2.92 bits per heavy atom. The lowest BCUT2D eigenvalue weighted by molar-refractivity contribution is -0.134. The Bertz CT molecular complexity index is 705. The number of nitrogens with zero attached hydrogens (tertiary/aromatic N) is 4. The summed E-state index contributed by atoms with van der Waals surface area (Å²) in [7, 11) is 0. The van der Waals surface area contributed by atoms with E-state index >= 15 is 0 Å². The zero-order chi connectivity index (χ0) is 17.1. The van der Waals surface area contributed by atoms with Crippen LogP contribution in [0.5, 0.6) is 0 Å². The lowest BCUT2D eigenvalue weighted by atomic mass is 9.94. The number of benzene rings is 1. The Morgan fingerprint density at radius 1 is 1.38 bits per heavy atom. The van der Waals surface area contributed by atoms with E-state index < -0.39 is 0 Å². The SMILES string of the molecule is CC(C(=O)N1CCCC(Cn2ccnn2)C1)c1ccc(Cl)c(Cl)c1. The maximum absolute atomic E-state index is 12.9. The third-order valence-corrected chi connectivity index (χ3v) is 5.30. The Morgan fingerprint density at radius 2 is 2.21 bits per heavy atom. The van der Waals surface area contributed by atoms with E-state index in [0.29, 0.717) is 16.0 Å². The van der Waals surface area contributed by atoms with Gasteiger partial charge in [0.15, 0.2) is 0 Å². The summed E-state index contributed by atoms with van der Waals surface area (Å²) in [6.45, 7) is 4.27. The first-order valence-electron chi connectivity index (χ1n) is 8.12. The van der Waals surface area contributed by atoms with Crippen LogP contribution in [0.2, 0.25) is 10.0 Å². The molecule has 24 heavy (non-hydrogen) atoms. The van der Waals surface area contributed by atoms with E-state index in [1.165, 1.54) is 0 Å². The summed E-state index contributed by atoms with van der Waals surface area (Å²) in [5.41, 5.74) is 0.896. The minimum atomic E-state index is -0.232. The Balaban J connectivity index is 1.65. The summed E-state index contributed by atoms with van der Waals surface area (Å²) in [4.78, 5) is 14.8. The number of halogens is 2. The average molecular weight is 367 g/mol. The molecule has 0 spiro atoms. The summed E-state index contributed by atoms with van der Waals surface area (Å²) in [6, 6.07) is 5.39. The van der Waals surface area contributed by atoms with Crippen molar-refractivity contribution in [1.29, 1.82) is 0 Å². The van der Waals surface area contributed by atoms with E-state index in [1.807, 2.05) is 28.8 Å². The Kier molecular flexibility index (Phi) is 5.41. The minimum Gasteiger partial charge on any atom is -0.342 e. The van der Waals surface area contributed by atoms with Gasteiger partial charge in [-0.05, 0) is 43.4 Å². The molecule has 1 aliphatic rings. The summed E-state index contributed by atoms with van der Waals surface area (Å²) >= 11 is 12.0. The largest absolute Gasteiger partial charge is 0.342 e. The van der Waals surface area contributed by atoms with Gasteiger partial charge in [0.25, 0.3) is 0 Å². The predicted octanol–water partition coefficient (Wildman–Crippen LogP) is 3.63. The molecule has 1 aromatic heterocycles. The van der Waals surface area contributed by atoms with Crippen LogP contribution in [0.25, 0.3) is 0 Å². The number of hydrogen-bond acceptors (Lipinski definition) is 3. The fourth-order valence-corrected chi connectivity index (χ4v) is 3.51. The highest BCUT2D eigenvalue weighted by atomic mass is 35.5. The van der Waals surface area contributed by atoms with E-state index in [0.717, 1.165) is 38.0 Å². The summed E-state index contributed by atoms with van der Waals surface area (Å²) in [6.07, 6.45) is 5.65. The third-order valence-electron chi connectivity index (χ3n) is 4.56. The number of aromatic nitrogens is 3. The van der Waals surface area contributed by atoms with Crippen molar-refractivity contribution in [3.05, 3.63) is 46.2 Å². The summed E-state index contributed by atoms with van der Waals surface area (Å²) in [5.74, 6) is 0.312. The monoisotopic (exact) mass is 366 g/mol. The van der Waals surface area contributed by atoms with Crippen LogP contribution in [-0.4, -0.2) is 38.9 Å². The van der Waals surface area contributed by atoms with Crippen molar-refractivity contribution in [2.45, 2.75) is 32.2 Å². The molecule has 2 heterocycles. The van der Waals surface area contributed by atoms with E-state index in [4.69, 9.17) is 23.2 Å². The van der Waals surface area contributed by atoms with Crippen molar-refractivity contribution >= 4 is 29.1 Å². The van der Waals surface area contributed by atoms with E-state index in [9.17, 15) is 4.79 Å². The zero-order valence-corrected chi connectivity index (χ0v) is 15.0. The van der Waals surface area contributed by atoms with Crippen LogP contribution in [-0.2, 0) is 11.3 Å². The van der Waals surface area contributed by atoms with Gasteiger partial charge >= 0.3 is 0 Å². The van der Waals surface area contributed by atoms with E-state index in [1.54, 1.807) is 18.3 Å². The molecule has 2 atom stereocenters. The van der Waals surface area contributed by atoms with Gasteiger partial charge in [0.05, 0.1) is 22.2 Å². The molecule has 0 bridgehead atoms. The van der Waals surface area contributed by atoms with Crippen molar-refractivity contribution in [2.24, 2.45) is 5.92 Å². The molecule has 128 valence electrons. The second-order valence-electron chi connectivity index (χ2n) is 6.31. The van der Waals surface area contributed by atoms with Gasteiger partial charge in [-0.15, -0.1) is 5.10 Å². The molecule has 7 heteroatoms. The highest BCUT2D eigenvalue weighted by molar-refractivity contribution is 6.42. The van der Waals surface area contributed by atoms with Crippen molar-refractivity contribution in [1.82, 2.24) is 19.9 Å². The van der Waals surface area contributed by atoms with Gasteiger partial charge in [-0.2, -0.15) is 0 Å². The molecule has 2 aromatic rings. The number of carbonyl (C=O) groups excluding carboxylic acids is 1. The minimum absolute atomic E-state index is 0.136. The fourth-order valence-electron chi connectivity index (χ4n) is 3.21. The van der Waals surface area contributed by atoms with Crippen LogP contribution in [0.4, 0.5) is 0 Å². The van der Waals surface area contributed by atoms with Gasteiger partial charge in [-0.3, -0.25) is 9.48 Å². The van der Waals surface area contributed by atoms with Crippen LogP contribution in [0.15, 0.2) is 30.6 Å². The van der Waals surface area contributed by atoms with Gasteiger partial charge in [0.2, 0.25) is 5.91 Å². The average Bonchev–Trinajstić information content (AvgIpc) is 3.09. The lowest BCUT2D eigenvalue weighted by Crippen LogP contribution is -2.42. The Hall–Kier alpha value is -1.59. The molecule has 0 N–H and O–H groups in total. The molecule has 5 nitrogen and oxygen atoms in total. The second kappa shape index (κ2) is 7.53. The molecule has 0 aliphatic carbocycles. The number of hydrogen-bond donors (Lipinski definition) is 0. The van der Waals surface area contributed by atoms with Gasteiger partial charge in [0, 0.05) is 25.8 Å². The first-order chi connectivity index (χ1) is 11.5. The molecule has 1 saturated heterocycles. The lowest BCUT2D eigenvalue weighted by Gasteiger charge is -2.34. The fraction of sp³-hybridized carbons (Fsp3) is 0.471. The van der Waals surface area contributed by atoms with Gasteiger partial charge in [-0.1, -0.05) is 34.5 Å². The molecular weight excluding hydrogens is 347 g/mol. The van der Waals surface area contributed by atoms with E-state index in [-0.39, 0.29) is 11.8 Å². The van der Waals surface area contributed by atoms with Gasteiger partial charge in [-0.25, -0.2) is 0 Å². The van der Waals surface area contributed by atoms with E-state index in [2.05, 4.69) is 10.3 Å². The van der Waals surface area contributed by atoms with Crippen LogP contribution >= 0.6 is 23.2 Å². The maximum atomic E-state index is 12.9. The molecule has 0 saturated carbocycles. The van der Waals surface area contributed by atoms with Crippen LogP contribution in [0, 0.1) is 5.92 Å². The number of carbonyl (C=O) groups is 1. The topological polar surface area (TPSA) is 51.0 Å². The molecule has 1 fully saturated rings. The van der Waals surface area contributed by atoms with Crippen molar-refractivity contribution in [2.75, 3.05) is 13.1 Å². The molecule has 1 aromatic carbocycles. The van der Waals surface area contributed by atoms with Crippen molar-refractivity contribution < 1.29 is 4.79 Å². The van der Waals surface area contributed by atoms with Crippen molar-refractivity contribution in [3.63, 3.8) is 0 Å². The normalized spacial score (nSPS) is 19.3. The summed E-state index contributed by atoms with van der Waals surface area (Å²) in [5, 5.41) is 8.84. The number of likely N-dealkylation sites (tertiary alicyclic amines) is 1. The first kappa shape index (κ1) is 17.2. The molecule has 0 radical (unpaired) electrons. The molecule has 3 rings (SSSR count). The zero-order valence-electron chi connectivity index (χ0n) is 13.5. The number of piperidine rings is 1. The predicted molar refractivity (Wildman–Crippen MR) is 94.2 cm³/mol. The van der Waals surface area contributed by atoms with Crippen molar-refractivity contribution in [3.8, 4) is 0 Å². The molecule has 1 aliphatic heterocycles. The standard InChI is InChI=1S/C17H20Cl2N4O/c1-12(14-4-5-15(18)16(19)9-14)17(24)22-7-2-3-13(10-22)11-23-8-6-20-21-23/h4-6,8-9,12-13H,2-3,7,10-11H2,1H3. The van der Waals surface area contributed by atoms with Gasteiger partial charge < -0.3 is 4.90 Å². The van der Waals surface area contributed by atoms with Crippen LogP contribution in [0.1, 0.15) is 31.2 Å². The number of amides is 1. The molecular formula is C17H20Cl2N4O. The van der Waals surface area contributed by atoms with Crippen LogP contribution in [0.3, 0.4) is 0 Å². The third kappa shape index (κ3) is 3.90. The first-order valence-corrected chi connectivity index (χ1v) is 8.88. The Labute approximate surface area is 151 Å². The highest BCUT2D eigenvalue weighted by Crippen LogP contribution is 2.28. The molecule has 2 unspecified atom stereocenters. The van der Waals surface area contributed by atoms with Crippen LogP contribution < -0.4 is 0 Å². The highest BCUT2D eigenvalue weighted by Gasteiger charge is 2.28.